The molecule has 1 rings (SSSR count). The van der Waals surface area contributed by atoms with E-state index in [1.165, 1.54) is 13.0 Å². The maximum atomic E-state index is 13.6. The molecule has 1 aromatic rings. The standard InChI is InChI=1S/C13H16FNO2Si/c1-9-11(6-7-18(3,4)5)8-12(14)10(2)13(9)15(16)17/h8H,1-5H3. The van der Waals surface area contributed by atoms with Crippen LogP contribution in [0.5, 0.6) is 0 Å². The maximum absolute atomic E-state index is 13.6. The summed E-state index contributed by atoms with van der Waals surface area (Å²) >= 11 is 0. The lowest BCUT2D eigenvalue weighted by Gasteiger charge is -2.07. The zero-order valence-electron chi connectivity index (χ0n) is 11.2. The monoisotopic (exact) mass is 265 g/mol. The Morgan fingerprint density at radius 1 is 1.28 bits per heavy atom. The van der Waals surface area contributed by atoms with E-state index in [1.54, 1.807) is 6.92 Å². The van der Waals surface area contributed by atoms with Crippen molar-refractivity contribution in [3.63, 3.8) is 0 Å². The van der Waals surface area contributed by atoms with E-state index in [9.17, 15) is 14.5 Å². The van der Waals surface area contributed by atoms with Crippen LogP contribution in [0.25, 0.3) is 0 Å². The fraction of sp³-hybridized carbons (Fsp3) is 0.385. The van der Waals surface area contributed by atoms with Crippen LogP contribution in [0, 0.1) is 41.2 Å². The van der Waals surface area contributed by atoms with Gasteiger partial charge in [-0.3, -0.25) is 10.1 Å². The summed E-state index contributed by atoms with van der Waals surface area (Å²) in [5.41, 5.74) is 3.83. The molecule has 3 nitrogen and oxygen atoms in total. The Morgan fingerprint density at radius 2 is 1.83 bits per heavy atom. The predicted octanol–water partition coefficient (Wildman–Crippen LogP) is 3.58. The predicted molar refractivity (Wildman–Crippen MR) is 72.8 cm³/mol. The van der Waals surface area contributed by atoms with E-state index in [0.717, 1.165) is 0 Å². The molecule has 0 saturated carbocycles. The summed E-state index contributed by atoms with van der Waals surface area (Å²) in [6, 6.07) is 1.28. The van der Waals surface area contributed by atoms with Gasteiger partial charge < -0.3 is 0 Å². The van der Waals surface area contributed by atoms with Gasteiger partial charge in [0.25, 0.3) is 5.69 Å². The fourth-order valence-corrected chi connectivity index (χ4v) is 2.03. The molecule has 0 radical (unpaired) electrons. The third kappa shape index (κ3) is 3.17. The van der Waals surface area contributed by atoms with Gasteiger partial charge in [0.05, 0.1) is 10.5 Å². The summed E-state index contributed by atoms with van der Waals surface area (Å²) in [4.78, 5) is 10.4. The van der Waals surface area contributed by atoms with Crippen LogP contribution < -0.4 is 0 Å². The first-order chi connectivity index (χ1) is 8.13. The maximum Gasteiger partial charge on any atom is 0.279 e. The summed E-state index contributed by atoms with van der Waals surface area (Å²) in [5.74, 6) is 2.31. The van der Waals surface area contributed by atoms with Crippen molar-refractivity contribution in [2.75, 3.05) is 0 Å². The summed E-state index contributed by atoms with van der Waals surface area (Å²) in [7, 11) is -1.59. The number of halogens is 1. The van der Waals surface area contributed by atoms with E-state index >= 15 is 0 Å². The van der Waals surface area contributed by atoms with Crippen LogP contribution in [0.1, 0.15) is 16.7 Å². The van der Waals surface area contributed by atoms with Gasteiger partial charge in [-0.05, 0) is 19.9 Å². The van der Waals surface area contributed by atoms with Gasteiger partial charge in [-0.1, -0.05) is 25.6 Å². The number of nitro benzene ring substituents is 1. The Bertz CT molecular complexity index is 565. The minimum absolute atomic E-state index is 0.0658. The molecule has 0 aliphatic heterocycles. The molecule has 5 heteroatoms. The van der Waals surface area contributed by atoms with Crippen molar-refractivity contribution in [3.05, 3.63) is 38.7 Å². The van der Waals surface area contributed by atoms with Gasteiger partial charge in [0.15, 0.2) is 0 Å². The second-order valence-electron chi connectivity index (χ2n) is 5.26. The summed E-state index contributed by atoms with van der Waals surface area (Å²) < 4.78 is 13.6. The summed E-state index contributed by atoms with van der Waals surface area (Å²) in [6.45, 7) is 9.21. The lowest BCUT2D eigenvalue weighted by atomic mass is 10.0. The number of nitrogens with zero attached hydrogens (tertiary/aromatic N) is 1. The van der Waals surface area contributed by atoms with Gasteiger partial charge in [0.1, 0.15) is 13.9 Å². The van der Waals surface area contributed by atoms with E-state index in [0.29, 0.717) is 11.1 Å². The molecule has 1 aromatic carbocycles. The highest BCUT2D eigenvalue weighted by atomic mass is 28.3. The summed E-state index contributed by atoms with van der Waals surface area (Å²) in [6.07, 6.45) is 0. The summed E-state index contributed by atoms with van der Waals surface area (Å²) in [5, 5.41) is 10.9. The van der Waals surface area contributed by atoms with Crippen LogP contribution in [-0.2, 0) is 0 Å². The quantitative estimate of drug-likeness (QED) is 0.337. The Morgan fingerprint density at radius 3 is 2.28 bits per heavy atom. The zero-order valence-corrected chi connectivity index (χ0v) is 12.2. The largest absolute Gasteiger partial charge is 0.279 e. The topological polar surface area (TPSA) is 43.1 Å². The second-order valence-corrected chi connectivity index (χ2v) is 10.0. The third-order valence-corrected chi connectivity index (χ3v) is 3.37. The normalized spacial score (nSPS) is 10.8. The van der Waals surface area contributed by atoms with Gasteiger partial charge in [-0.15, -0.1) is 5.54 Å². The molecule has 0 bridgehead atoms. The van der Waals surface area contributed by atoms with Crippen molar-refractivity contribution < 1.29 is 9.31 Å². The average Bonchev–Trinajstić information content (AvgIpc) is 2.20. The Kier molecular flexibility index (Phi) is 3.92. The fourth-order valence-electron chi connectivity index (χ4n) is 1.52. The highest BCUT2D eigenvalue weighted by Gasteiger charge is 2.21. The number of rotatable bonds is 1. The molecule has 0 spiro atoms. The van der Waals surface area contributed by atoms with E-state index in [1.807, 2.05) is 0 Å². The molecule has 0 unspecified atom stereocenters. The average molecular weight is 265 g/mol. The lowest BCUT2D eigenvalue weighted by molar-refractivity contribution is -0.386. The first-order valence-corrected chi connectivity index (χ1v) is 9.11. The molecular weight excluding hydrogens is 249 g/mol. The van der Waals surface area contributed by atoms with Gasteiger partial charge >= 0.3 is 0 Å². The molecule has 0 amide bonds. The molecule has 0 atom stereocenters. The van der Waals surface area contributed by atoms with Gasteiger partial charge in [-0.25, -0.2) is 4.39 Å². The number of hydrogen-bond donors (Lipinski definition) is 0. The smallest absolute Gasteiger partial charge is 0.258 e. The SMILES string of the molecule is Cc1c(F)cc(C#C[Si](C)(C)C)c(C)c1[N+](=O)[O-]. The van der Waals surface area contributed by atoms with Gasteiger partial charge in [0.2, 0.25) is 0 Å². The molecule has 0 N–H and O–H groups in total. The molecule has 0 aliphatic carbocycles. The number of hydrogen-bond acceptors (Lipinski definition) is 2. The number of nitro groups is 1. The van der Waals surface area contributed by atoms with Crippen molar-refractivity contribution in [2.45, 2.75) is 33.5 Å². The van der Waals surface area contributed by atoms with E-state index in [4.69, 9.17) is 0 Å². The van der Waals surface area contributed by atoms with Crippen molar-refractivity contribution >= 4 is 13.8 Å². The number of benzene rings is 1. The van der Waals surface area contributed by atoms with E-state index < -0.39 is 18.8 Å². The van der Waals surface area contributed by atoms with Crippen molar-refractivity contribution in [2.24, 2.45) is 0 Å². The Hall–Kier alpha value is -1.67. The van der Waals surface area contributed by atoms with Crippen LogP contribution in [0.2, 0.25) is 19.6 Å². The minimum Gasteiger partial charge on any atom is -0.258 e. The molecule has 0 aliphatic rings. The Balaban J connectivity index is 3.48. The van der Waals surface area contributed by atoms with Crippen molar-refractivity contribution in [1.29, 1.82) is 0 Å². The van der Waals surface area contributed by atoms with Crippen molar-refractivity contribution in [3.8, 4) is 11.5 Å². The van der Waals surface area contributed by atoms with Crippen LogP contribution in [0.15, 0.2) is 6.07 Å². The highest BCUT2D eigenvalue weighted by molar-refractivity contribution is 6.83. The molecule has 18 heavy (non-hydrogen) atoms. The van der Waals surface area contributed by atoms with Gasteiger partial charge in [-0.2, -0.15) is 0 Å². The zero-order chi connectivity index (χ0) is 14.1. The minimum atomic E-state index is -1.59. The second kappa shape index (κ2) is 4.90. The van der Waals surface area contributed by atoms with Crippen LogP contribution in [0.3, 0.4) is 0 Å². The Labute approximate surface area is 107 Å². The van der Waals surface area contributed by atoms with Crippen LogP contribution in [-0.4, -0.2) is 13.0 Å². The van der Waals surface area contributed by atoms with E-state index in [2.05, 4.69) is 31.1 Å². The van der Waals surface area contributed by atoms with Crippen molar-refractivity contribution in [1.82, 2.24) is 0 Å². The third-order valence-electron chi connectivity index (χ3n) is 2.50. The highest BCUT2D eigenvalue weighted by Crippen LogP contribution is 2.27. The molecule has 0 fully saturated rings. The van der Waals surface area contributed by atoms with Crippen LogP contribution >= 0.6 is 0 Å². The lowest BCUT2D eigenvalue weighted by Crippen LogP contribution is -2.16. The van der Waals surface area contributed by atoms with E-state index in [-0.39, 0.29) is 11.3 Å². The molecule has 96 valence electrons. The molecule has 0 saturated heterocycles. The molecular formula is C13H16FNO2Si. The van der Waals surface area contributed by atoms with Gasteiger partial charge in [0, 0.05) is 11.1 Å². The first kappa shape index (κ1) is 14.4. The molecule has 0 aromatic heterocycles. The first-order valence-electron chi connectivity index (χ1n) is 5.61. The molecule has 0 heterocycles. The van der Waals surface area contributed by atoms with Crippen LogP contribution in [0.4, 0.5) is 10.1 Å².